The molecule has 1 atom stereocenters. The maximum atomic E-state index is 12.8. The van der Waals surface area contributed by atoms with E-state index in [2.05, 4.69) is 38.2 Å². The SMILES string of the molecule is CCN1CCCC(NC(=O)Cn2nc(C(C)C)c3cc(Br)ccc3c2=O)C1. The number of aromatic nitrogens is 2. The number of nitrogens with one attached hydrogen (secondary N) is 1. The summed E-state index contributed by atoms with van der Waals surface area (Å²) in [5, 5.41) is 9.03. The number of likely N-dealkylation sites (N-methyl/N-ethyl adjacent to an activating group) is 1. The summed E-state index contributed by atoms with van der Waals surface area (Å²) < 4.78 is 2.22. The first-order valence-corrected chi connectivity index (χ1v) is 10.4. The van der Waals surface area contributed by atoms with Crippen LogP contribution in [0.2, 0.25) is 0 Å². The molecule has 1 N–H and O–H groups in total. The van der Waals surface area contributed by atoms with Crippen molar-refractivity contribution >= 4 is 32.6 Å². The number of carbonyl (C=O) groups is 1. The molecule has 146 valence electrons. The number of nitrogens with zero attached hydrogens (tertiary/aromatic N) is 3. The Morgan fingerprint density at radius 2 is 2.15 bits per heavy atom. The Hall–Kier alpha value is -1.73. The highest BCUT2D eigenvalue weighted by molar-refractivity contribution is 9.10. The van der Waals surface area contributed by atoms with E-state index >= 15 is 0 Å². The van der Waals surface area contributed by atoms with Gasteiger partial charge in [-0.05, 0) is 50.0 Å². The Kier molecular flexibility index (Phi) is 6.32. The average Bonchev–Trinajstić information content (AvgIpc) is 2.63. The standard InChI is InChI=1S/C20H27BrN4O2/c1-4-24-9-5-6-15(11-24)22-18(26)12-25-20(27)16-8-7-14(21)10-17(16)19(23-25)13(2)3/h7-8,10,13,15H,4-6,9,11-12H2,1-3H3,(H,22,26). The van der Waals surface area contributed by atoms with Crippen molar-refractivity contribution in [2.24, 2.45) is 0 Å². The number of amides is 1. The van der Waals surface area contributed by atoms with Crippen molar-refractivity contribution < 1.29 is 4.79 Å². The third kappa shape index (κ3) is 4.58. The second kappa shape index (κ2) is 8.52. The Labute approximate surface area is 168 Å². The summed E-state index contributed by atoms with van der Waals surface area (Å²) in [5.74, 6) is -0.00751. The van der Waals surface area contributed by atoms with Crippen LogP contribution in [0.15, 0.2) is 27.5 Å². The molecule has 2 heterocycles. The van der Waals surface area contributed by atoms with Crippen LogP contribution in [0.4, 0.5) is 0 Å². The van der Waals surface area contributed by atoms with Gasteiger partial charge in [-0.15, -0.1) is 0 Å². The van der Waals surface area contributed by atoms with Crippen molar-refractivity contribution in [1.29, 1.82) is 0 Å². The molecule has 1 aliphatic rings. The lowest BCUT2D eigenvalue weighted by Crippen LogP contribution is -2.48. The molecular weight excluding hydrogens is 408 g/mol. The van der Waals surface area contributed by atoms with Crippen LogP contribution in [0.25, 0.3) is 10.8 Å². The summed E-state index contributed by atoms with van der Waals surface area (Å²) in [6.07, 6.45) is 2.06. The molecular formula is C20H27BrN4O2. The number of fused-ring (bicyclic) bond motifs is 1. The topological polar surface area (TPSA) is 67.2 Å². The minimum atomic E-state index is -0.226. The molecule has 1 aromatic carbocycles. The Morgan fingerprint density at radius 1 is 1.37 bits per heavy atom. The van der Waals surface area contributed by atoms with Gasteiger partial charge in [0.2, 0.25) is 5.91 Å². The van der Waals surface area contributed by atoms with E-state index in [4.69, 9.17) is 0 Å². The van der Waals surface area contributed by atoms with Crippen LogP contribution in [0.5, 0.6) is 0 Å². The molecule has 1 unspecified atom stereocenters. The minimum absolute atomic E-state index is 0.0484. The zero-order chi connectivity index (χ0) is 19.6. The Balaban J connectivity index is 1.84. The van der Waals surface area contributed by atoms with Crippen LogP contribution >= 0.6 is 15.9 Å². The lowest BCUT2D eigenvalue weighted by molar-refractivity contribution is -0.123. The number of rotatable bonds is 5. The molecule has 1 aliphatic heterocycles. The van der Waals surface area contributed by atoms with E-state index in [0.29, 0.717) is 5.39 Å². The number of hydrogen-bond acceptors (Lipinski definition) is 4. The van der Waals surface area contributed by atoms with Crippen molar-refractivity contribution in [3.05, 3.63) is 38.7 Å². The molecule has 0 aliphatic carbocycles. The zero-order valence-electron chi connectivity index (χ0n) is 16.2. The molecule has 27 heavy (non-hydrogen) atoms. The lowest BCUT2D eigenvalue weighted by Gasteiger charge is -2.32. The molecule has 2 aromatic rings. The van der Waals surface area contributed by atoms with Gasteiger partial charge in [0.15, 0.2) is 0 Å². The molecule has 1 fully saturated rings. The molecule has 3 rings (SSSR count). The normalized spacial score (nSPS) is 18.2. The second-order valence-electron chi connectivity index (χ2n) is 7.49. The molecule has 0 spiro atoms. The fourth-order valence-corrected chi connectivity index (χ4v) is 4.05. The van der Waals surface area contributed by atoms with Gasteiger partial charge < -0.3 is 10.2 Å². The van der Waals surface area contributed by atoms with Crippen molar-refractivity contribution in [2.75, 3.05) is 19.6 Å². The third-order valence-corrected chi connectivity index (χ3v) is 5.60. The predicted octanol–water partition coefficient (Wildman–Crippen LogP) is 2.88. The van der Waals surface area contributed by atoms with E-state index in [1.54, 1.807) is 6.07 Å². The summed E-state index contributed by atoms with van der Waals surface area (Å²) in [6, 6.07) is 5.71. The van der Waals surface area contributed by atoms with Gasteiger partial charge in [-0.25, -0.2) is 4.68 Å². The van der Waals surface area contributed by atoms with Crippen LogP contribution < -0.4 is 10.9 Å². The summed E-state index contributed by atoms with van der Waals surface area (Å²) in [4.78, 5) is 27.7. The number of piperidine rings is 1. The molecule has 0 saturated carbocycles. The fraction of sp³-hybridized carbons (Fsp3) is 0.550. The molecule has 6 nitrogen and oxygen atoms in total. The van der Waals surface area contributed by atoms with E-state index < -0.39 is 0 Å². The first-order valence-electron chi connectivity index (χ1n) is 9.61. The smallest absolute Gasteiger partial charge is 0.275 e. The van der Waals surface area contributed by atoms with Crippen molar-refractivity contribution in [3.8, 4) is 0 Å². The molecule has 0 bridgehead atoms. The number of likely N-dealkylation sites (tertiary alicyclic amines) is 1. The number of carbonyl (C=O) groups excluding carboxylic acids is 1. The van der Waals surface area contributed by atoms with Gasteiger partial charge in [-0.1, -0.05) is 36.7 Å². The summed E-state index contributed by atoms with van der Waals surface area (Å²) in [5.41, 5.74) is 0.601. The van der Waals surface area contributed by atoms with Gasteiger partial charge in [-0.2, -0.15) is 5.10 Å². The highest BCUT2D eigenvalue weighted by atomic mass is 79.9. The molecule has 1 aromatic heterocycles. The average molecular weight is 435 g/mol. The van der Waals surface area contributed by atoms with Crippen molar-refractivity contribution in [2.45, 2.75) is 52.1 Å². The maximum absolute atomic E-state index is 12.8. The van der Waals surface area contributed by atoms with E-state index in [1.807, 2.05) is 26.0 Å². The van der Waals surface area contributed by atoms with Gasteiger partial charge in [0.1, 0.15) is 6.54 Å². The van der Waals surface area contributed by atoms with Crippen molar-refractivity contribution in [3.63, 3.8) is 0 Å². The number of benzene rings is 1. The Bertz CT molecular complexity index is 893. The van der Waals surface area contributed by atoms with E-state index in [9.17, 15) is 9.59 Å². The number of halogens is 1. The maximum Gasteiger partial charge on any atom is 0.275 e. The van der Waals surface area contributed by atoms with Crippen LogP contribution in [0.1, 0.15) is 45.2 Å². The van der Waals surface area contributed by atoms with E-state index in [-0.39, 0.29) is 30.0 Å². The fourth-order valence-electron chi connectivity index (χ4n) is 3.69. The second-order valence-corrected chi connectivity index (χ2v) is 8.41. The molecule has 1 amide bonds. The molecule has 7 heteroatoms. The van der Waals surface area contributed by atoms with Crippen LogP contribution in [0.3, 0.4) is 0 Å². The summed E-state index contributed by atoms with van der Waals surface area (Å²) in [6.45, 7) is 9.11. The quantitative estimate of drug-likeness (QED) is 0.785. The van der Waals surface area contributed by atoms with Crippen LogP contribution in [0, 0.1) is 0 Å². The minimum Gasteiger partial charge on any atom is -0.350 e. The number of hydrogen-bond donors (Lipinski definition) is 1. The summed E-state index contributed by atoms with van der Waals surface area (Å²) in [7, 11) is 0. The van der Waals surface area contributed by atoms with Gasteiger partial charge in [0, 0.05) is 22.4 Å². The Morgan fingerprint density at radius 3 is 2.85 bits per heavy atom. The van der Waals surface area contributed by atoms with E-state index in [1.165, 1.54) is 4.68 Å². The lowest BCUT2D eigenvalue weighted by atomic mass is 10.0. The highest BCUT2D eigenvalue weighted by Crippen LogP contribution is 2.24. The van der Waals surface area contributed by atoms with Crippen LogP contribution in [-0.2, 0) is 11.3 Å². The highest BCUT2D eigenvalue weighted by Gasteiger charge is 2.21. The monoisotopic (exact) mass is 434 g/mol. The molecule has 0 radical (unpaired) electrons. The zero-order valence-corrected chi connectivity index (χ0v) is 17.8. The van der Waals surface area contributed by atoms with Gasteiger partial charge >= 0.3 is 0 Å². The first-order chi connectivity index (χ1) is 12.9. The van der Waals surface area contributed by atoms with Gasteiger partial charge in [0.05, 0.1) is 11.1 Å². The van der Waals surface area contributed by atoms with Gasteiger partial charge in [0.25, 0.3) is 5.56 Å². The molecule has 1 saturated heterocycles. The van der Waals surface area contributed by atoms with Crippen molar-refractivity contribution in [1.82, 2.24) is 20.0 Å². The van der Waals surface area contributed by atoms with E-state index in [0.717, 1.165) is 48.0 Å². The van der Waals surface area contributed by atoms with Crippen LogP contribution in [-0.4, -0.2) is 46.3 Å². The largest absolute Gasteiger partial charge is 0.350 e. The van der Waals surface area contributed by atoms with Gasteiger partial charge in [-0.3, -0.25) is 9.59 Å². The first kappa shape index (κ1) is 20.0. The predicted molar refractivity (Wildman–Crippen MR) is 111 cm³/mol. The summed E-state index contributed by atoms with van der Waals surface area (Å²) >= 11 is 3.46. The third-order valence-electron chi connectivity index (χ3n) is 5.11.